The highest BCUT2D eigenvalue weighted by atomic mass is 32.4. The van der Waals surface area contributed by atoms with Gasteiger partial charge in [-0.3, -0.25) is 0 Å². The van der Waals surface area contributed by atoms with Gasteiger partial charge >= 0.3 is 0 Å². The summed E-state index contributed by atoms with van der Waals surface area (Å²) in [6, 6.07) is 0. The van der Waals surface area contributed by atoms with Gasteiger partial charge in [-0.05, 0) is 33.2 Å². The molecule has 0 aromatic rings. The minimum atomic E-state index is 1.16. The van der Waals surface area contributed by atoms with Gasteiger partial charge in [0.2, 0.25) is 0 Å². The molecule has 0 heterocycles. The predicted molar refractivity (Wildman–Crippen MR) is 47.3 cm³/mol. The highest BCUT2D eigenvalue weighted by Gasteiger charge is 1.99. The van der Waals surface area contributed by atoms with Gasteiger partial charge in [-0.25, -0.2) is 0 Å². The van der Waals surface area contributed by atoms with Crippen molar-refractivity contribution in [2.24, 2.45) is 0 Å². The molecule has 0 aromatic carbocycles. The molecule has 0 aliphatic heterocycles. The van der Waals surface area contributed by atoms with Crippen LogP contribution < -0.4 is 0 Å². The van der Waals surface area contributed by atoms with E-state index in [0.29, 0.717) is 0 Å². The average molecular weight is 158 g/mol. The summed E-state index contributed by atoms with van der Waals surface area (Å²) in [5.41, 5.74) is 0. The molecular formula is C7H11PS. The molecule has 0 amide bonds. The lowest BCUT2D eigenvalue weighted by Crippen LogP contribution is -1.91. The van der Waals surface area contributed by atoms with Crippen LogP contribution in [0, 0.1) is 12.3 Å². The Morgan fingerprint density at radius 3 is 2.44 bits per heavy atom. The van der Waals surface area contributed by atoms with Gasteiger partial charge in [0.15, 0.2) is 0 Å². The average Bonchev–Trinajstić information content (AvgIpc) is 1.94. The first-order chi connectivity index (χ1) is 4.39. The summed E-state index contributed by atoms with van der Waals surface area (Å²) in [6.07, 6.45) is 9.03. The Hall–Kier alpha value is 0.260. The van der Waals surface area contributed by atoms with E-state index in [-0.39, 0.29) is 0 Å². The standard InChI is InChI=1S/C7H10.HPS/c1-7-5-3-2-4-6-7;1-2/h3-5H,2,6H2,1H3;1H. The van der Waals surface area contributed by atoms with Crippen molar-refractivity contribution in [2.45, 2.75) is 19.8 Å². The molecule has 2 radical (unpaired) electrons. The Morgan fingerprint density at radius 1 is 1.56 bits per heavy atom. The van der Waals surface area contributed by atoms with Crippen LogP contribution in [0.3, 0.4) is 0 Å². The van der Waals surface area contributed by atoms with E-state index in [1.165, 1.54) is 12.3 Å². The van der Waals surface area contributed by atoms with E-state index in [1.54, 1.807) is 0 Å². The number of hydrogen-bond acceptors (Lipinski definition) is 1. The minimum Gasteiger partial charge on any atom is -0.0877 e. The van der Waals surface area contributed by atoms with Gasteiger partial charge in [0.05, 0.1) is 0 Å². The van der Waals surface area contributed by atoms with E-state index in [0.717, 1.165) is 6.42 Å². The van der Waals surface area contributed by atoms with E-state index >= 15 is 0 Å². The monoisotopic (exact) mass is 158 g/mol. The maximum absolute atomic E-state index is 3.89. The van der Waals surface area contributed by atoms with Crippen molar-refractivity contribution in [1.29, 1.82) is 0 Å². The van der Waals surface area contributed by atoms with Crippen LogP contribution in [0.2, 0.25) is 0 Å². The van der Waals surface area contributed by atoms with Crippen LogP contribution in [0.25, 0.3) is 0 Å². The summed E-state index contributed by atoms with van der Waals surface area (Å²) in [7, 11) is 2.56. The second-order valence-electron chi connectivity index (χ2n) is 1.98. The molecule has 0 saturated heterocycles. The third kappa shape index (κ3) is 4.74. The minimum absolute atomic E-state index is 1.16. The van der Waals surface area contributed by atoms with Crippen LogP contribution >= 0.6 is 8.02 Å². The molecule has 0 unspecified atom stereocenters. The maximum Gasteiger partial charge on any atom is -0.00553 e. The molecule has 2 heteroatoms. The molecule has 50 valence electrons. The fraction of sp³-hybridized carbons (Fsp3) is 0.429. The highest BCUT2D eigenvalue weighted by molar-refractivity contribution is 7.88. The fourth-order valence-electron chi connectivity index (χ4n) is 0.744. The van der Waals surface area contributed by atoms with Gasteiger partial charge in [0, 0.05) is 0 Å². The zero-order valence-electron chi connectivity index (χ0n) is 5.55. The van der Waals surface area contributed by atoms with E-state index < -0.39 is 0 Å². The summed E-state index contributed by atoms with van der Waals surface area (Å²) in [5.74, 6) is 1.48. The number of hydrogen-bond donors (Lipinski definition) is 0. The normalized spacial score (nSPS) is 18.3. The number of rotatable bonds is 0. The molecule has 0 nitrogen and oxygen atoms in total. The quantitative estimate of drug-likeness (QED) is 0.488. The van der Waals surface area contributed by atoms with Crippen LogP contribution in [0.5, 0.6) is 0 Å². The molecule has 0 spiro atoms. The summed E-state index contributed by atoms with van der Waals surface area (Å²) < 4.78 is 0. The molecular weight excluding hydrogens is 147 g/mol. The van der Waals surface area contributed by atoms with Crippen molar-refractivity contribution >= 4 is 19.8 Å². The van der Waals surface area contributed by atoms with Gasteiger partial charge < -0.3 is 0 Å². The van der Waals surface area contributed by atoms with Crippen LogP contribution in [-0.4, -0.2) is 0 Å². The molecule has 1 aliphatic carbocycles. The zero-order valence-corrected chi connectivity index (χ0v) is 7.37. The molecule has 0 N–H and O–H groups in total. The Balaban J connectivity index is 0.000000291. The number of allylic oxidation sites excluding steroid dienone is 2. The molecule has 0 aromatic heterocycles. The first-order valence-electron chi connectivity index (χ1n) is 2.90. The molecule has 0 fully saturated rings. The van der Waals surface area contributed by atoms with Crippen molar-refractivity contribution in [3.8, 4) is 0 Å². The van der Waals surface area contributed by atoms with Crippen LogP contribution in [0.15, 0.2) is 12.2 Å². The third-order valence-corrected chi connectivity index (χ3v) is 1.17. The fourth-order valence-corrected chi connectivity index (χ4v) is 0.744. The van der Waals surface area contributed by atoms with E-state index in [9.17, 15) is 0 Å². The summed E-state index contributed by atoms with van der Waals surface area (Å²) in [4.78, 5) is 0. The Morgan fingerprint density at radius 2 is 2.22 bits per heavy atom. The Labute approximate surface area is 64.6 Å². The van der Waals surface area contributed by atoms with Gasteiger partial charge in [0.1, 0.15) is 0 Å². The van der Waals surface area contributed by atoms with Crippen molar-refractivity contribution < 1.29 is 0 Å². The molecule has 1 aliphatic rings. The lowest BCUT2D eigenvalue weighted by Gasteiger charge is -2.07. The van der Waals surface area contributed by atoms with E-state index in [2.05, 4.69) is 45.3 Å². The predicted octanol–water partition coefficient (Wildman–Crippen LogP) is 2.73. The van der Waals surface area contributed by atoms with Gasteiger partial charge in [-0.1, -0.05) is 30.9 Å². The Bertz CT molecular complexity index is 90.9. The van der Waals surface area contributed by atoms with Crippen molar-refractivity contribution in [3.05, 3.63) is 24.5 Å². The smallest absolute Gasteiger partial charge is 0.00553 e. The van der Waals surface area contributed by atoms with Crippen LogP contribution in [-0.2, 0) is 11.8 Å². The lowest BCUT2D eigenvalue weighted by molar-refractivity contribution is 0.920. The lowest BCUT2D eigenvalue weighted by atomic mass is 9.98. The zero-order chi connectivity index (χ0) is 7.11. The molecule has 9 heavy (non-hydrogen) atoms. The molecule has 0 saturated carbocycles. The van der Waals surface area contributed by atoms with Crippen molar-refractivity contribution in [2.75, 3.05) is 0 Å². The SMILES string of the molecule is C[C]1C=CC[CH]C1.P=S. The largest absolute Gasteiger partial charge is 0.0877 e. The van der Waals surface area contributed by atoms with Crippen molar-refractivity contribution in [1.82, 2.24) is 0 Å². The molecule has 0 bridgehead atoms. The van der Waals surface area contributed by atoms with Gasteiger partial charge in [-0.2, -0.15) is 0 Å². The summed E-state index contributed by atoms with van der Waals surface area (Å²) in [5, 5.41) is 0. The van der Waals surface area contributed by atoms with Crippen LogP contribution in [0.4, 0.5) is 0 Å². The second kappa shape index (κ2) is 6.38. The van der Waals surface area contributed by atoms with Crippen LogP contribution in [0.1, 0.15) is 19.8 Å². The van der Waals surface area contributed by atoms with E-state index in [4.69, 9.17) is 0 Å². The summed E-state index contributed by atoms with van der Waals surface area (Å²) >= 11 is 3.89. The molecule has 0 atom stereocenters. The van der Waals surface area contributed by atoms with Gasteiger partial charge in [0.25, 0.3) is 0 Å². The van der Waals surface area contributed by atoms with Crippen molar-refractivity contribution in [3.63, 3.8) is 0 Å². The first-order valence-corrected chi connectivity index (χ1v) is 4.54. The topological polar surface area (TPSA) is 0 Å². The third-order valence-electron chi connectivity index (χ3n) is 1.17. The maximum atomic E-state index is 3.89. The van der Waals surface area contributed by atoms with E-state index in [1.807, 2.05) is 0 Å². The summed E-state index contributed by atoms with van der Waals surface area (Å²) in [6.45, 7) is 2.16. The molecule has 1 rings (SSSR count). The second-order valence-corrected chi connectivity index (χ2v) is 1.98. The first kappa shape index (κ1) is 9.26. The highest BCUT2D eigenvalue weighted by Crippen LogP contribution is 2.15. The van der Waals surface area contributed by atoms with Gasteiger partial charge in [-0.15, -0.1) is 0 Å². The Kier molecular flexibility index (Phi) is 6.57.